The lowest BCUT2D eigenvalue weighted by atomic mass is 10.2. The van der Waals surface area contributed by atoms with Gasteiger partial charge in [-0.1, -0.05) is 0 Å². The van der Waals surface area contributed by atoms with Crippen LogP contribution in [0.1, 0.15) is 22.5 Å². The standard InChI is InChI=1S/C16H19IN4O2S/c1-11-14(10-21(20-11)8-3-9-23-2)18-16(24)19-15(22)12-4-6-13(17)7-5-12/h4-7,10H,3,8-9H2,1-2H3,(H2,18,19,22,24). The molecule has 1 amide bonds. The molecule has 1 aromatic carbocycles. The molecular formula is C16H19IN4O2S. The molecule has 1 aromatic heterocycles. The SMILES string of the molecule is COCCCn1cc(NC(=S)NC(=O)c2ccc(I)cc2)c(C)n1. The summed E-state index contributed by atoms with van der Waals surface area (Å²) in [5.74, 6) is -0.242. The van der Waals surface area contributed by atoms with Gasteiger partial charge in [0.2, 0.25) is 0 Å². The third kappa shape index (κ3) is 5.53. The van der Waals surface area contributed by atoms with Gasteiger partial charge < -0.3 is 10.1 Å². The maximum Gasteiger partial charge on any atom is 0.257 e. The molecule has 6 nitrogen and oxygen atoms in total. The zero-order valence-corrected chi connectivity index (χ0v) is 16.5. The Morgan fingerprint density at radius 3 is 2.75 bits per heavy atom. The smallest absolute Gasteiger partial charge is 0.257 e. The Bertz CT molecular complexity index is 715. The van der Waals surface area contributed by atoms with Gasteiger partial charge in [0.1, 0.15) is 0 Å². The van der Waals surface area contributed by atoms with Crippen molar-refractivity contribution in [2.75, 3.05) is 19.0 Å². The second kappa shape index (κ2) is 9.09. The van der Waals surface area contributed by atoms with Gasteiger partial charge in [-0.25, -0.2) is 0 Å². The zero-order valence-electron chi connectivity index (χ0n) is 13.5. The molecule has 1 heterocycles. The number of aromatic nitrogens is 2. The van der Waals surface area contributed by atoms with Crippen molar-refractivity contribution in [3.63, 3.8) is 0 Å². The molecule has 8 heteroatoms. The number of hydrogen-bond donors (Lipinski definition) is 2. The average Bonchev–Trinajstić information content (AvgIpc) is 2.88. The summed E-state index contributed by atoms with van der Waals surface area (Å²) in [6.07, 6.45) is 2.75. The van der Waals surface area contributed by atoms with Crippen LogP contribution >= 0.6 is 34.8 Å². The molecule has 0 unspecified atom stereocenters. The molecule has 2 N–H and O–H groups in total. The number of carbonyl (C=O) groups excluding carboxylic acids is 1. The molecule has 0 saturated carbocycles. The van der Waals surface area contributed by atoms with E-state index in [-0.39, 0.29) is 11.0 Å². The average molecular weight is 458 g/mol. The summed E-state index contributed by atoms with van der Waals surface area (Å²) in [7, 11) is 1.68. The zero-order chi connectivity index (χ0) is 17.5. The Hall–Kier alpha value is -1.52. The Balaban J connectivity index is 1.92. The van der Waals surface area contributed by atoms with Crippen LogP contribution in [0.2, 0.25) is 0 Å². The number of nitrogens with one attached hydrogen (secondary N) is 2. The maximum absolute atomic E-state index is 12.1. The van der Waals surface area contributed by atoms with Crippen molar-refractivity contribution in [2.24, 2.45) is 0 Å². The molecule has 0 atom stereocenters. The van der Waals surface area contributed by atoms with Crippen molar-refractivity contribution in [2.45, 2.75) is 19.9 Å². The van der Waals surface area contributed by atoms with Crippen LogP contribution in [0.5, 0.6) is 0 Å². The Morgan fingerprint density at radius 1 is 1.38 bits per heavy atom. The number of amides is 1. The highest BCUT2D eigenvalue weighted by atomic mass is 127. The van der Waals surface area contributed by atoms with E-state index in [2.05, 4.69) is 38.3 Å². The summed E-state index contributed by atoms with van der Waals surface area (Å²) in [4.78, 5) is 12.1. The Labute approximate surface area is 160 Å². The fraction of sp³-hybridized carbons (Fsp3) is 0.312. The summed E-state index contributed by atoms with van der Waals surface area (Å²) in [6, 6.07) is 7.28. The van der Waals surface area contributed by atoms with E-state index in [9.17, 15) is 4.79 Å². The van der Waals surface area contributed by atoms with E-state index in [0.717, 1.165) is 27.9 Å². The van der Waals surface area contributed by atoms with Crippen molar-refractivity contribution in [3.05, 3.63) is 45.3 Å². The fourth-order valence-electron chi connectivity index (χ4n) is 2.06. The van der Waals surface area contributed by atoms with E-state index in [1.54, 1.807) is 19.2 Å². The lowest BCUT2D eigenvalue weighted by Crippen LogP contribution is -2.34. The summed E-state index contributed by atoms with van der Waals surface area (Å²) >= 11 is 7.40. The van der Waals surface area contributed by atoms with Gasteiger partial charge in [0, 0.05) is 35.6 Å². The van der Waals surface area contributed by atoms with Gasteiger partial charge in [-0.3, -0.25) is 14.8 Å². The van der Waals surface area contributed by atoms with Crippen LogP contribution in [0.3, 0.4) is 0 Å². The molecule has 128 valence electrons. The van der Waals surface area contributed by atoms with Crippen molar-refractivity contribution in [1.82, 2.24) is 15.1 Å². The highest BCUT2D eigenvalue weighted by Crippen LogP contribution is 2.13. The Morgan fingerprint density at radius 2 is 2.08 bits per heavy atom. The first-order valence-corrected chi connectivity index (χ1v) is 8.89. The number of thiocarbonyl (C=S) groups is 1. The molecule has 0 saturated heterocycles. The van der Waals surface area contributed by atoms with Crippen molar-refractivity contribution < 1.29 is 9.53 Å². The number of aryl methyl sites for hydroxylation is 2. The van der Waals surface area contributed by atoms with Crippen LogP contribution in [0.4, 0.5) is 5.69 Å². The highest BCUT2D eigenvalue weighted by Gasteiger charge is 2.10. The third-order valence-electron chi connectivity index (χ3n) is 3.26. The van der Waals surface area contributed by atoms with Gasteiger partial charge in [0.25, 0.3) is 5.91 Å². The molecule has 0 aliphatic carbocycles. The molecule has 0 radical (unpaired) electrons. The molecule has 0 fully saturated rings. The van der Waals surface area contributed by atoms with Gasteiger partial charge in [-0.2, -0.15) is 5.10 Å². The molecule has 2 aromatic rings. The van der Waals surface area contributed by atoms with Crippen LogP contribution < -0.4 is 10.6 Å². The predicted molar refractivity (Wildman–Crippen MR) is 106 cm³/mol. The van der Waals surface area contributed by atoms with Crippen LogP contribution in [0, 0.1) is 10.5 Å². The number of halogens is 1. The van der Waals surface area contributed by atoms with Gasteiger partial charge in [0.05, 0.1) is 11.4 Å². The quantitative estimate of drug-likeness (QED) is 0.396. The van der Waals surface area contributed by atoms with E-state index in [1.807, 2.05) is 29.9 Å². The molecule has 24 heavy (non-hydrogen) atoms. The van der Waals surface area contributed by atoms with Crippen LogP contribution in [-0.2, 0) is 11.3 Å². The predicted octanol–water partition coefficient (Wildman–Crippen LogP) is 2.96. The van der Waals surface area contributed by atoms with Gasteiger partial charge in [-0.15, -0.1) is 0 Å². The topological polar surface area (TPSA) is 68.2 Å². The molecular weight excluding hydrogens is 439 g/mol. The first-order valence-electron chi connectivity index (χ1n) is 7.40. The second-order valence-electron chi connectivity index (χ2n) is 5.15. The minimum absolute atomic E-state index is 0.242. The second-order valence-corrected chi connectivity index (χ2v) is 6.81. The van der Waals surface area contributed by atoms with Crippen LogP contribution in [0.15, 0.2) is 30.5 Å². The lowest BCUT2D eigenvalue weighted by Gasteiger charge is -2.08. The summed E-state index contributed by atoms with van der Waals surface area (Å²) in [5, 5.41) is 10.3. The number of anilines is 1. The van der Waals surface area contributed by atoms with E-state index in [0.29, 0.717) is 12.2 Å². The maximum atomic E-state index is 12.1. The number of rotatable bonds is 6. The molecule has 0 spiro atoms. The number of carbonyl (C=O) groups is 1. The number of ether oxygens (including phenoxy) is 1. The number of methoxy groups -OCH3 is 1. The third-order valence-corrected chi connectivity index (χ3v) is 4.19. The first-order chi connectivity index (χ1) is 11.5. The summed E-state index contributed by atoms with van der Waals surface area (Å²) in [5.41, 5.74) is 2.16. The normalized spacial score (nSPS) is 10.5. The lowest BCUT2D eigenvalue weighted by molar-refractivity contribution is 0.0977. The first kappa shape index (κ1) is 18.8. The van der Waals surface area contributed by atoms with Crippen molar-refractivity contribution in [1.29, 1.82) is 0 Å². The van der Waals surface area contributed by atoms with Crippen molar-refractivity contribution in [3.8, 4) is 0 Å². The van der Waals surface area contributed by atoms with Gasteiger partial charge in [-0.05, 0) is 72.4 Å². The van der Waals surface area contributed by atoms with Gasteiger partial charge in [0.15, 0.2) is 5.11 Å². The number of benzene rings is 1. The minimum Gasteiger partial charge on any atom is -0.385 e. The van der Waals surface area contributed by atoms with E-state index >= 15 is 0 Å². The monoisotopic (exact) mass is 458 g/mol. The van der Waals surface area contributed by atoms with Gasteiger partial charge >= 0.3 is 0 Å². The summed E-state index contributed by atoms with van der Waals surface area (Å²) in [6.45, 7) is 3.34. The number of nitrogens with zero attached hydrogens (tertiary/aromatic N) is 2. The van der Waals surface area contributed by atoms with E-state index < -0.39 is 0 Å². The molecule has 2 rings (SSSR count). The van der Waals surface area contributed by atoms with Crippen LogP contribution in [-0.4, -0.2) is 34.5 Å². The number of hydrogen-bond acceptors (Lipinski definition) is 4. The van der Waals surface area contributed by atoms with E-state index in [1.165, 1.54) is 0 Å². The van der Waals surface area contributed by atoms with Crippen LogP contribution in [0.25, 0.3) is 0 Å². The molecule has 0 aliphatic rings. The van der Waals surface area contributed by atoms with Crippen molar-refractivity contribution >= 4 is 51.5 Å². The Kier molecular flexibility index (Phi) is 7.13. The molecule has 0 aliphatic heterocycles. The highest BCUT2D eigenvalue weighted by molar-refractivity contribution is 14.1. The fourth-order valence-corrected chi connectivity index (χ4v) is 2.62. The van der Waals surface area contributed by atoms with E-state index in [4.69, 9.17) is 17.0 Å². The minimum atomic E-state index is -0.242. The largest absolute Gasteiger partial charge is 0.385 e. The molecule has 0 bridgehead atoms. The summed E-state index contributed by atoms with van der Waals surface area (Å²) < 4.78 is 7.94.